The molecule has 2 aromatic rings. The largest absolute Gasteiger partial charge is 0.0843 e. The van der Waals surface area contributed by atoms with Crippen molar-refractivity contribution in [2.75, 3.05) is 0 Å². The molecule has 0 unspecified atom stereocenters. The van der Waals surface area contributed by atoms with Gasteiger partial charge in [-0.15, -0.1) is 0 Å². The molecule has 0 aliphatic carbocycles. The van der Waals surface area contributed by atoms with Crippen molar-refractivity contribution in [2.45, 2.75) is 19.8 Å². The Bertz CT molecular complexity index is 515. The first kappa shape index (κ1) is 12.7. The van der Waals surface area contributed by atoms with Gasteiger partial charge >= 0.3 is 0 Å². The summed E-state index contributed by atoms with van der Waals surface area (Å²) in [4.78, 5) is 0. The van der Waals surface area contributed by atoms with Crippen LogP contribution >= 0.6 is 27.5 Å². The zero-order valence-corrected chi connectivity index (χ0v) is 12.2. The fourth-order valence-electron chi connectivity index (χ4n) is 1.81. The molecule has 0 nitrogen and oxygen atoms in total. The molecule has 88 valence electrons. The summed E-state index contributed by atoms with van der Waals surface area (Å²) < 4.78 is 1.17. The van der Waals surface area contributed by atoms with Crippen LogP contribution in [0.4, 0.5) is 0 Å². The van der Waals surface area contributed by atoms with E-state index in [0.717, 1.165) is 5.02 Å². The lowest BCUT2D eigenvalue weighted by Gasteiger charge is -2.11. The Labute approximate surface area is 116 Å². The summed E-state index contributed by atoms with van der Waals surface area (Å²) in [5.41, 5.74) is 3.76. The van der Waals surface area contributed by atoms with E-state index in [0.29, 0.717) is 5.92 Å². The third-order valence-corrected chi connectivity index (χ3v) is 3.77. The van der Waals surface area contributed by atoms with E-state index < -0.39 is 0 Å². The van der Waals surface area contributed by atoms with E-state index in [1.165, 1.54) is 21.2 Å². The first-order valence-electron chi connectivity index (χ1n) is 5.63. The average Bonchev–Trinajstić information content (AvgIpc) is 2.30. The van der Waals surface area contributed by atoms with Gasteiger partial charge in [0.2, 0.25) is 0 Å². The molecule has 0 aliphatic rings. The SMILES string of the molecule is CC(C)c1cc(-c2ccc(Cl)cc2)ccc1Br. The van der Waals surface area contributed by atoms with Gasteiger partial charge in [0.15, 0.2) is 0 Å². The lowest BCUT2D eigenvalue weighted by molar-refractivity contribution is 0.861. The van der Waals surface area contributed by atoms with E-state index >= 15 is 0 Å². The van der Waals surface area contributed by atoms with Crippen LogP contribution in [0.3, 0.4) is 0 Å². The lowest BCUT2D eigenvalue weighted by atomic mass is 9.97. The van der Waals surface area contributed by atoms with Crippen molar-refractivity contribution in [3.05, 3.63) is 57.5 Å². The Balaban J connectivity index is 2.46. The lowest BCUT2D eigenvalue weighted by Crippen LogP contribution is -1.90. The second kappa shape index (κ2) is 5.24. The second-order valence-corrected chi connectivity index (χ2v) is 5.69. The van der Waals surface area contributed by atoms with Crippen LogP contribution in [0.1, 0.15) is 25.3 Å². The molecule has 0 atom stereocenters. The smallest absolute Gasteiger partial charge is 0.0406 e. The van der Waals surface area contributed by atoms with E-state index in [2.05, 4.69) is 60.1 Å². The monoisotopic (exact) mass is 308 g/mol. The molecule has 0 bridgehead atoms. The summed E-state index contributed by atoms with van der Waals surface area (Å²) in [6.07, 6.45) is 0. The third kappa shape index (κ3) is 2.91. The zero-order valence-electron chi connectivity index (χ0n) is 9.87. The highest BCUT2D eigenvalue weighted by Gasteiger charge is 2.06. The van der Waals surface area contributed by atoms with E-state index in [9.17, 15) is 0 Å². The zero-order chi connectivity index (χ0) is 12.4. The molecule has 0 heterocycles. The van der Waals surface area contributed by atoms with Crippen molar-refractivity contribution >= 4 is 27.5 Å². The quantitative estimate of drug-likeness (QED) is 0.648. The Morgan fingerprint density at radius 1 is 0.941 bits per heavy atom. The molecule has 0 saturated carbocycles. The molecule has 0 aromatic heterocycles. The maximum Gasteiger partial charge on any atom is 0.0406 e. The highest BCUT2D eigenvalue weighted by molar-refractivity contribution is 9.10. The summed E-state index contributed by atoms with van der Waals surface area (Å²) in [7, 11) is 0. The van der Waals surface area contributed by atoms with Gasteiger partial charge in [-0.25, -0.2) is 0 Å². The van der Waals surface area contributed by atoms with Crippen LogP contribution < -0.4 is 0 Å². The predicted octanol–water partition coefficient (Wildman–Crippen LogP) is 5.89. The van der Waals surface area contributed by atoms with Crippen LogP contribution in [0.5, 0.6) is 0 Å². The summed E-state index contributed by atoms with van der Waals surface area (Å²) >= 11 is 9.49. The first-order chi connectivity index (χ1) is 8.08. The van der Waals surface area contributed by atoms with Crippen molar-refractivity contribution < 1.29 is 0 Å². The van der Waals surface area contributed by atoms with Crippen molar-refractivity contribution in [1.82, 2.24) is 0 Å². The molecule has 0 amide bonds. The van der Waals surface area contributed by atoms with E-state index in [1.807, 2.05) is 12.1 Å². The number of hydrogen-bond donors (Lipinski definition) is 0. The van der Waals surface area contributed by atoms with Gasteiger partial charge in [-0.3, -0.25) is 0 Å². The normalized spacial score (nSPS) is 10.9. The fraction of sp³-hybridized carbons (Fsp3) is 0.200. The maximum absolute atomic E-state index is 5.90. The number of rotatable bonds is 2. The molecule has 0 radical (unpaired) electrons. The van der Waals surface area contributed by atoms with Crippen LogP contribution in [0, 0.1) is 0 Å². The summed E-state index contributed by atoms with van der Waals surface area (Å²) in [6.45, 7) is 4.40. The molecule has 0 saturated heterocycles. The molecule has 0 N–H and O–H groups in total. The van der Waals surface area contributed by atoms with Gasteiger partial charge in [-0.05, 0) is 46.9 Å². The topological polar surface area (TPSA) is 0 Å². The van der Waals surface area contributed by atoms with E-state index in [1.54, 1.807) is 0 Å². The minimum absolute atomic E-state index is 0.511. The van der Waals surface area contributed by atoms with Crippen molar-refractivity contribution in [3.8, 4) is 11.1 Å². The van der Waals surface area contributed by atoms with Gasteiger partial charge < -0.3 is 0 Å². The molecule has 2 heteroatoms. The Hall–Kier alpha value is -0.790. The molecular weight excluding hydrogens is 296 g/mol. The summed E-state index contributed by atoms with van der Waals surface area (Å²) in [6, 6.07) is 14.4. The average molecular weight is 310 g/mol. The minimum Gasteiger partial charge on any atom is -0.0843 e. The van der Waals surface area contributed by atoms with Gasteiger partial charge in [0, 0.05) is 9.50 Å². The summed E-state index contributed by atoms with van der Waals surface area (Å²) in [5.74, 6) is 0.511. The highest BCUT2D eigenvalue weighted by Crippen LogP contribution is 2.30. The molecule has 17 heavy (non-hydrogen) atoms. The van der Waals surface area contributed by atoms with E-state index in [-0.39, 0.29) is 0 Å². The second-order valence-electron chi connectivity index (χ2n) is 4.40. The van der Waals surface area contributed by atoms with Gasteiger partial charge in [-0.2, -0.15) is 0 Å². The number of benzene rings is 2. The molecule has 0 aliphatic heterocycles. The van der Waals surface area contributed by atoms with Gasteiger partial charge in [0.1, 0.15) is 0 Å². The Morgan fingerprint density at radius 3 is 2.12 bits per heavy atom. The molecule has 0 spiro atoms. The van der Waals surface area contributed by atoms with Crippen LogP contribution in [-0.4, -0.2) is 0 Å². The Morgan fingerprint density at radius 2 is 1.53 bits per heavy atom. The third-order valence-electron chi connectivity index (χ3n) is 2.80. The Kier molecular flexibility index (Phi) is 3.90. The van der Waals surface area contributed by atoms with E-state index in [4.69, 9.17) is 11.6 Å². The van der Waals surface area contributed by atoms with Crippen molar-refractivity contribution in [1.29, 1.82) is 0 Å². The highest BCUT2D eigenvalue weighted by atomic mass is 79.9. The summed E-state index contributed by atoms with van der Waals surface area (Å²) in [5, 5.41) is 0.773. The van der Waals surface area contributed by atoms with Gasteiger partial charge in [0.25, 0.3) is 0 Å². The minimum atomic E-state index is 0.511. The standard InChI is InChI=1S/C15H14BrCl/c1-10(2)14-9-12(5-8-15(14)16)11-3-6-13(17)7-4-11/h3-10H,1-2H3. The number of halogens is 2. The first-order valence-corrected chi connectivity index (χ1v) is 6.80. The number of hydrogen-bond acceptors (Lipinski definition) is 0. The van der Waals surface area contributed by atoms with Crippen LogP contribution in [0.25, 0.3) is 11.1 Å². The molecule has 2 rings (SSSR count). The van der Waals surface area contributed by atoms with Gasteiger partial charge in [0.05, 0.1) is 0 Å². The van der Waals surface area contributed by atoms with Crippen LogP contribution in [0.15, 0.2) is 46.9 Å². The molecular formula is C15H14BrCl. The predicted molar refractivity (Wildman–Crippen MR) is 78.7 cm³/mol. The van der Waals surface area contributed by atoms with Crippen molar-refractivity contribution in [3.63, 3.8) is 0 Å². The van der Waals surface area contributed by atoms with Crippen molar-refractivity contribution in [2.24, 2.45) is 0 Å². The maximum atomic E-state index is 5.90. The molecule has 0 fully saturated rings. The van der Waals surface area contributed by atoms with Crippen LogP contribution in [-0.2, 0) is 0 Å². The fourth-order valence-corrected chi connectivity index (χ4v) is 2.64. The van der Waals surface area contributed by atoms with Crippen LogP contribution in [0.2, 0.25) is 5.02 Å². The molecule has 2 aromatic carbocycles. The van der Waals surface area contributed by atoms with Gasteiger partial charge in [-0.1, -0.05) is 59.6 Å².